The van der Waals surface area contributed by atoms with Gasteiger partial charge in [0.25, 0.3) is 11.5 Å². The molecule has 1 amide bonds. The Kier molecular flexibility index (Phi) is 5.18. The van der Waals surface area contributed by atoms with Crippen LogP contribution < -0.4 is 10.9 Å². The second-order valence-corrected chi connectivity index (χ2v) is 5.52. The average molecular weight is 328 g/mol. The summed E-state index contributed by atoms with van der Waals surface area (Å²) in [5.74, 6) is -1.15. The SMILES string of the molecule is CNC(=O)c1cc(C(=O)OC)cn(C(C)c2cccc(C)c2)c1=O. The third kappa shape index (κ3) is 3.37. The minimum Gasteiger partial charge on any atom is -0.465 e. The van der Waals surface area contributed by atoms with Gasteiger partial charge in [-0.3, -0.25) is 9.59 Å². The summed E-state index contributed by atoms with van der Waals surface area (Å²) < 4.78 is 6.10. The molecule has 2 aromatic rings. The molecular formula is C18H20N2O4. The highest BCUT2D eigenvalue weighted by Crippen LogP contribution is 2.18. The molecule has 1 unspecified atom stereocenters. The molecule has 1 aromatic carbocycles. The molecule has 24 heavy (non-hydrogen) atoms. The Morgan fingerprint density at radius 3 is 2.54 bits per heavy atom. The monoisotopic (exact) mass is 328 g/mol. The van der Waals surface area contributed by atoms with Crippen molar-refractivity contribution >= 4 is 11.9 Å². The third-order valence-corrected chi connectivity index (χ3v) is 3.88. The highest BCUT2D eigenvalue weighted by molar-refractivity contribution is 5.97. The van der Waals surface area contributed by atoms with E-state index in [4.69, 9.17) is 4.74 Å². The number of rotatable bonds is 4. The molecule has 6 nitrogen and oxygen atoms in total. The number of amides is 1. The normalized spacial score (nSPS) is 11.7. The number of carbonyl (C=O) groups is 2. The van der Waals surface area contributed by atoms with Crippen LogP contribution in [0.5, 0.6) is 0 Å². The number of hydrogen-bond donors (Lipinski definition) is 1. The minimum absolute atomic E-state index is 0.0973. The molecule has 6 heteroatoms. The van der Waals surface area contributed by atoms with Crippen molar-refractivity contribution in [2.24, 2.45) is 0 Å². The highest BCUT2D eigenvalue weighted by atomic mass is 16.5. The number of nitrogens with zero attached hydrogens (tertiary/aromatic N) is 1. The van der Waals surface area contributed by atoms with Crippen molar-refractivity contribution in [3.63, 3.8) is 0 Å². The average Bonchev–Trinajstić information content (AvgIpc) is 2.60. The molecule has 0 spiro atoms. The van der Waals surface area contributed by atoms with Gasteiger partial charge in [-0.15, -0.1) is 0 Å². The first-order valence-electron chi connectivity index (χ1n) is 7.52. The number of hydrogen-bond acceptors (Lipinski definition) is 4. The smallest absolute Gasteiger partial charge is 0.339 e. The van der Waals surface area contributed by atoms with E-state index >= 15 is 0 Å². The topological polar surface area (TPSA) is 77.4 Å². The maximum atomic E-state index is 12.7. The van der Waals surface area contributed by atoms with Crippen LogP contribution in [0, 0.1) is 6.92 Å². The van der Waals surface area contributed by atoms with Gasteiger partial charge >= 0.3 is 5.97 Å². The van der Waals surface area contributed by atoms with E-state index in [0.29, 0.717) is 0 Å². The van der Waals surface area contributed by atoms with Crippen LogP contribution in [0.2, 0.25) is 0 Å². The predicted molar refractivity (Wildman–Crippen MR) is 90.4 cm³/mol. The summed E-state index contributed by atoms with van der Waals surface area (Å²) in [7, 11) is 2.68. The van der Waals surface area contributed by atoms with Gasteiger partial charge in [0.1, 0.15) is 5.56 Å². The molecule has 0 radical (unpaired) electrons. The second kappa shape index (κ2) is 7.12. The number of esters is 1. The largest absolute Gasteiger partial charge is 0.465 e. The van der Waals surface area contributed by atoms with Gasteiger partial charge in [0.05, 0.1) is 18.7 Å². The van der Waals surface area contributed by atoms with Crippen LogP contribution in [-0.4, -0.2) is 30.6 Å². The first kappa shape index (κ1) is 17.5. The van der Waals surface area contributed by atoms with Crippen LogP contribution in [0.25, 0.3) is 0 Å². The van der Waals surface area contributed by atoms with Gasteiger partial charge in [0.2, 0.25) is 0 Å². The maximum Gasteiger partial charge on any atom is 0.339 e. The molecule has 1 atom stereocenters. The molecule has 2 rings (SSSR count). The molecule has 126 valence electrons. The number of carbonyl (C=O) groups excluding carboxylic acids is 2. The number of aryl methyl sites for hydroxylation is 1. The quantitative estimate of drug-likeness (QED) is 0.870. The van der Waals surface area contributed by atoms with Gasteiger partial charge in [-0.05, 0) is 25.5 Å². The summed E-state index contributed by atoms with van der Waals surface area (Å²) in [6.45, 7) is 3.80. The van der Waals surface area contributed by atoms with Crippen LogP contribution in [0.3, 0.4) is 0 Å². The lowest BCUT2D eigenvalue weighted by atomic mass is 10.0. The summed E-state index contributed by atoms with van der Waals surface area (Å²) in [5, 5.41) is 2.42. The lowest BCUT2D eigenvalue weighted by molar-refractivity contribution is 0.0599. The van der Waals surface area contributed by atoms with E-state index in [0.717, 1.165) is 11.1 Å². The molecule has 0 fully saturated rings. The van der Waals surface area contributed by atoms with Gasteiger partial charge in [-0.25, -0.2) is 4.79 Å². The molecule has 0 saturated heterocycles. The number of nitrogens with one attached hydrogen (secondary N) is 1. The number of methoxy groups -OCH3 is 1. The van der Waals surface area contributed by atoms with Crippen LogP contribution in [0.15, 0.2) is 41.3 Å². The molecule has 1 aromatic heterocycles. The summed E-state index contributed by atoms with van der Waals surface area (Å²) in [4.78, 5) is 36.6. The standard InChI is InChI=1S/C18H20N2O4/c1-11-6-5-7-13(8-11)12(2)20-10-14(18(23)24-4)9-15(17(20)22)16(21)19-3/h5-10,12H,1-4H3,(H,19,21). The third-order valence-electron chi connectivity index (χ3n) is 3.88. The molecule has 0 aliphatic rings. The van der Waals surface area contributed by atoms with E-state index in [9.17, 15) is 14.4 Å². The van der Waals surface area contributed by atoms with Crippen molar-refractivity contribution in [1.29, 1.82) is 0 Å². The zero-order valence-corrected chi connectivity index (χ0v) is 14.1. The van der Waals surface area contributed by atoms with E-state index in [2.05, 4.69) is 5.32 Å². The zero-order valence-electron chi connectivity index (χ0n) is 14.1. The summed E-state index contributed by atoms with van der Waals surface area (Å²) in [5.41, 5.74) is 1.55. The molecule has 0 bridgehead atoms. The van der Waals surface area contributed by atoms with E-state index < -0.39 is 17.4 Å². The first-order chi connectivity index (χ1) is 11.4. The molecule has 1 heterocycles. The van der Waals surface area contributed by atoms with Crippen molar-refractivity contribution < 1.29 is 14.3 Å². The van der Waals surface area contributed by atoms with Gasteiger partial charge in [0, 0.05) is 13.2 Å². The lowest BCUT2D eigenvalue weighted by Crippen LogP contribution is -2.33. The molecule has 0 aliphatic carbocycles. The molecule has 0 saturated carbocycles. The Morgan fingerprint density at radius 2 is 1.96 bits per heavy atom. The molecular weight excluding hydrogens is 308 g/mol. The fraction of sp³-hybridized carbons (Fsp3) is 0.278. The van der Waals surface area contributed by atoms with Crippen LogP contribution in [-0.2, 0) is 4.74 Å². The Morgan fingerprint density at radius 1 is 1.25 bits per heavy atom. The van der Waals surface area contributed by atoms with Gasteiger partial charge in [0.15, 0.2) is 0 Å². The van der Waals surface area contributed by atoms with Crippen molar-refractivity contribution in [2.45, 2.75) is 19.9 Å². The zero-order chi connectivity index (χ0) is 17.9. The Bertz CT molecular complexity index is 839. The number of aromatic nitrogens is 1. The maximum absolute atomic E-state index is 12.7. The van der Waals surface area contributed by atoms with E-state index in [-0.39, 0.29) is 17.2 Å². The van der Waals surface area contributed by atoms with Gasteiger partial charge < -0.3 is 14.6 Å². The summed E-state index contributed by atoms with van der Waals surface area (Å²) in [6, 6.07) is 8.63. The van der Waals surface area contributed by atoms with Crippen molar-refractivity contribution in [1.82, 2.24) is 9.88 Å². The highest BCUT2D eigenvalue weighted by Gasteiger charge is 2.20. The molecule has 0 aliphatic heterocycles. The first-order valence-corrected chi connectivity index (χ1v) is 7.52. The van der Waals surface area contributed by atoms with E-state index in [1.807, 2.05) is 38.1 Å². The fourth-order valence-electron chi connectivity index (χ4n) is 2.51. The van der Waals surface area contributed by atoms with Crippen molar-refractivity contribution in [3.05, 3.63) is 69.1 Å². The van der Waals surface area contributed by atoms with Crippen LogP contribution >= 0.6 is 0 Å². The lowest BCUT2D eigenvalue weighted by Gasteiger charge is -2.18. The van der Waals surface area contributed by atoms with E-state index in [1.54, 1.807) is 0 Å². The Balaban J connectivity index is 2.65. The predicted octanol–water partition coefficient (Wildman–Crippen LogP) is 1.91. The second-order valence-electron chi connectivity index (χ2n) is 5.52. The number of ether oxygens (including phenoxy) is 1. The summed E-state index contributed by atoms with van der Waals surface area (Å²) >= 11 is 0. The number of pyridine rings is 1. The van der Waals surface area contributed by atoms with Crippen molar-refractivity contribution in [3.8, 4) is 0 Å². The van der Waals surface area contributed by atoms with E-state index in [1.165, 1.54) is 31.0 Å². The fourth-order valence-corrected chi connectivity index (χ4v) is 2.51. The summed E-state index contributed by atoms with van der Waals surface area (Å²) in [6.07, 6.45) is 1.42. The molecule has 1 N–H and O–H groups in total. The van der Waals surface area contributed by atoms with Gasteiger partial charge in [-0.2, -0.15) is 0 Å². The Labute approximate surface area is 140 Å². The van der Waals surface area contributed by atoms with Crippen molar-refractivity contribution in [2.75, 3.05) is 14.2 Å². The number of benzene rings is 1. The Hall–Kier alpha value is -2.89. The van der Waals surface area contributed by atoms with Gasteiger partial charge in [-0.1, -0.05) is 29.8 Å². The van der Waals surface area contributed by atoms with Crippen LogP contribution in [0.4, 0.5) is 0 Å². The van der Waals surface area contributed by atoms with Crippen LogP contribution in [0.1, 0.15) is 44.8 Å². The minimum atomic E-state index is -0.606.